The third kappa shape index (κ3) is 6.39. The highest BCUT2D eigenvalue weighted by atomic mass is 28.4. The van der Waals surface area contributed by atoms with Gasteiger partial charge < -0.3 is 17.7 Å². The molecular weight excluding hydrogens is 224 g/mol. The lowest BCUT2D eigenvalue weighted by Crippen LogP contribution is -2.49. The molecule has 4 nitrogen and oxygen atoms in total. The second-order valence-corrected chi connectivity index (χ2v) is 5.23. The fourth-order valence-corrected chi connectivity index (χ4v) is 3.16. The van der Waals surface area contributed by atoms with Gasteiger partial charge in [-0.25, -0.2) is 0 Å². The van der Waals surface area contributed by atoms with Gasteiger partial charge in [0.05, 0.1) is 0 Å². The van der Waals surface area contributed by atoms with Crippen LogP contribution in [-0.4, -0.2) is 35.5 Å². The summed E-state index contributed by atoms with van der Waals surface area (Å²) in [4.78, 5) is 0. The summed E-state index contributed by atoms with van der Waals surface area (Å²) in [7, 11) is -2.88. The van der Waals surface area contributed by atoms with Crippen LogP contribution in [0.15, 0.2) is 12.7 Å². The second kappa shape index (κ2) is 9.98. The summed E-state index contributed by atoms with van der Waals surface area (Å²) in [5.74, 6) is 0. The number of hydrogen-bond donors (Lipinski definition) is 0. The molecule has 0 radical (unpaired) electrons. The van der Waals surface area contributed by atoms with Gasteiger partial charge in [-0.05, 0) is 33.6 Å². The molecule has 0 aromatic heterocycles. The van der Waals surface area contributed by atoms with Crippen LogP contribution in [0, 0.1) is 0 Å². The predicted octanol–water partition coefficient (Wildman–Crippen LogP) is 2.51. The molecule has 0 aliphatic rings. The lowest BCUT2D eigenvalue weighted by Gasteiger charge is -2.26. The van der Waals surface area contributed by atoms with Crippen molar-refractivity contribution in [3.05, 3.63) is 12.7 Å². The Hall–Kier alpha value is -0.203. The minimum Gasteiger partial charge on any atom is -0.351 e. The molecule has 0 aliphatic carbocycles. The van der Waals surface area contributed by atoms with E-state index in [4.69, 9.17) is 17.7 Å². The monoisotopic (exact) mass is 248 g/mol. The van der Waals surface area contributed by atoms with Crippen molar-refractivity contribution in [1.82, 2.24) is 0 Å². The molecule has 0 heterocycles. The smallest absolute Gasteiger partial charge is 0.351 e. The van der Waals surface area contributed by atoms with Gasteiger partial charge in [-0.15, -0.1) is 6.58 Å². The third-order valence-corrected chi connectivity index (χ3v) is 4.28. The van der Waals surface area contributed by atoms with Gasteiger partial charge in [-0.2, -0.15) is 0 Å². The maximum Gasteiger partial charge on any atom is 0.679 e. The van der Waals surface area contributed by atoms with Crippen LogP contribution in [0.4, 0.5) is 0 Å². The van der Waals surface area contributed by atoms with Gasteiger partial charge in [0.2, 0.25) is 0 Å². The van der Waals surface area contributed by atoms with Crippen LogP contribution in [0.1, 0.15) is 33.6 Å². The first-order valence-corrected chi connectivity index (χ1v) is 7.54. The summed E-state index contributed by atoms with van der Waals surface area (Å²) >= 11 is 0. The second-order valence-electron chi connectivity index (χ2n) is 3.08. The minimum atomic E-state index is -2.88. The minimum absolute atomic E-state index is 0.535. The first kappa shape index (κ1) is 15.8. The van der Waals surface area contributed by atoms with E-state index in [0.29, 0.717) is 26.4 Å². The van der Waals surface area contributed by atoms with Gasteiger partial charge in [0.25, 0.3) is 0 Å². The van der Waals surface area contributed by atoms with Gasteiger partial charge >= 0.3 is 9.05 Å². The van der Waals surface area contributed by atoms with E-state index in [1.165, 1.54) is 0 Å². The van der Waals surface area contributed by atoms with Crippen molar-refractivity contribution < 1.29 is 17.7 Å². The summed E-state index contributed by atoms with van der Waals surface area (Å²) < 4.78 is 22.3. The van der Waals surface area contributed by atoms with E-state index in [9.17, 15) is 0 Å². The lowest BCUT2D eigenvalue weighted by molar-refractivity contribution is -0.0277. The standard InChI is InChI=1S/C11H24O4Si/c1-5-9-10-11-15-16(12-6-2,13-7-3)14-8-4/h5H,1,6-11H2,2-4H3. The van der Waals surface area contributed by atoms with Crippen molar-refractivity contribution in [3.8, 4) is 0 Å². The highest BCUT2D eigenvalue weighted by molar-refractivity contribution is 6.53. The molecule has 5 heteroatoms. The molecule has 0 fully saturated rings. The Kier molecular flexibility index (Phi) is 9.86. The highest BCUT2D eigenvalue weighted by Crippen LogP contribution is 2.12. The van der Waals surface area contributed by atoms with Gasteiger partial charge in [0.15, 0.2) is 0 Å². The molecule has 0 N–H and O–H groups in total. The quantitative estimate of drug-likeness (QED) is 0.320. The van der Waals surface area contributed by atoms with Crippen molar-refractivity contribution in [1.29, 1.82) is 0 Å². The summed E-state index contributed by atoms with van der Waals surface area (Å²) in [5, 5.41) is 0. The van der Waals surface area contributed by atoms with Crippen LogP contribution < -0.4 is 0 Å². The van der Waals surface area contributed by atoms with E-state index in [0.717, 1.165) is 12.8 Å². The van der Waals surface area contributed by atoms with Gasteiger partial charge in [-0.3, -0.25) is 0 Å². The summed E-state index contributed by atoms with van der Waals surface area (Å²) in [6, 6.07) is 0. The van der Waals surface area contributed by atoms with E-state index in [-0.39, 0.29) is 0 Å². The first-order chi connectivity index (χ1) is 7.74. The summed E-state index contributed by atoms with van der Waals surface area (Å²) in [6.45, 7) is 11.6. The third-order valence-electron chi connectivity index (χ3n) is 1.79. The first-order valence-electron chi connectivity index (χ1n) is 5.91. The van der Waals surface area contributed by atoms with Crippen molar-refractivity contribution in [2.45, 2.75) is 33.6 Å². The van der Waals surface area contributed by atoms with Crippen LogP contribution in [-0.2, 0) is 17.7 Å². The fourth-order valence-electron chi connectivity index (χ4n) is 1.21. The number of allylic oxidation sites excluding steroid dienone is 1. The van der Waals surface area contributed by atoms with Crippen molar-refractivity contribution in [2.24, 2.45) is 0 Å². The molecule has 0 rings (SSSR count). The molecule has 0 spiro atoms. The van der Waals surface area contributed by atoms with E-state index >= 15 is 0 Å². The van der Waals surface area contributed by atoms with Crippen LogP contribution in [0.5, 0.6) is 0 Å². The van der Waals surface area contributed by atoms with Gasteiger partial charge in [0.1, 0.15) is 0 Å². The molecule has 96 valence electrons. The van der Waals surface area contributed by atoms with Crippen LogP contribution >= 0.6 is 0 Å². The normalized spacial score (nSPS) is 11.7. The van der Waals surface area contributed by atoms with Crippen LogP contribution in [0.3, 0.4) is 0 Å². The van der Waals surface area contributed by atoms with Gasteiger partial charge in [-0.1, -0.05) is 6.08 Å². The molecule has 0 aliphatic heterocycles. The Labute approximate surface area is 100 Å². The van der Waals surface area contributed by atoms with Crippen molar-refractivity contribution in [2.75, 3.05) is 26.4 Å². The fraction of sp³-hybridized carbons (Fsp3) is 0.818. The van der Waals surface area contributed by atoms with E-state index < -0.39 is 9.05 Å². The predicted molar refractivity (Wildman–Crippen MR) is 66.0 cm³/mol. The maximum atomic E-state index is 5.68. The zero-order chi connectivity index (χ0) is 12.3. The Morgan fingerprint density at radius 1 is 0.938 bits per heavy atom. The average Bonchev–Trinajstić information content (AvgIpc) is 2.26. The molecule has 0 aromatic carbocycles. The topological polar surface area (TPSA) is 36.9 Å². The summed E-state index contributed by atoms with van der Waals surface area (Å²) in [5.41, 5.74) is 0. The Bertz CT molecular complexity index is 158. The Morgan fingerprint density at radius 2 is 1.44 bits per heavy atom. The molecule has 16 heavy (non-hydrogen) atoms. The molecule has 0 aromatic rings. The number of unbranched alkanes of at least 4 members (excludes halogenated alkanes) is 1. The Morgan fingerprint density at radius 3 is 1.81 bits per heavy atom. The van der Waals surface area contributed by atoms with E-state index in [1.54, 1.807) is 0 Å². The van der Waals surface area contributed by atoms with Crippen molar-refractivity contribution >= 4 is 9.05 Å². The van der Waals surface area contributed by atoms with E-state index in [1.807, 2.05) is 26.8 Å². The highest BCUT2D eigenvalue weighted by Gasteiger charge is 2.44. The molecule has 0 saturated heterocycles. The average molecular weight is 248 g/mol. The molecule has 0 bridgehead atoms. The number of hydrogen-bond acceptors (Lipinski definition) is 4. The SMILES string of the molecule is C=CCCCO[Si](OCC)(OCC)OCC. The van der Waals surface area contributed by atoms with E-state index in [2.05, 4.69) is 6.58 Å². The lowest BCUT2D eigenvalue weighted by atomic mass is 10.3. The maximum absolute atomic E-state index is 5.68. The van der Waals surface area contributed by atoms with Crippen molar-refractivity contribution in [3.63, 3.8) is 0 Å². The summed E-state index contributed by atoms with van der Waals surface area (Å²) in [6.07, 6.45) is 3.70. The zero-order valence-corrected chi connectivity index (χ0v) is 11.7. The molecule has 0 atom stereocenters. The molecular formula is C11H24O4Si. The van der Waals surface area contributed by atoms with Gasteiger partial charge in [0, 0.05) is 26.4 Å². The number of rotatable bonds is 11. The Balaban J connectivity index is 4.17. The largest absolute Gasteiger partial charge is 0.679 e. The molecule has 0 unspecified atom stereocenters. The zero-order valence-electron chi connectivity index (χ0n) is 10.7. The van der Waals surface area contributed by atoms with Crippen LogP contribution in [0.25, 0.3) is 0 Å². The molecule has 0 amide bonds. The van der Waals surface area contributed by atoms with Crippen LogP contribution in [0.2, 0.25) is 0 Å². The molecule has 0 saturated carbocycles.